The first-order chi connectivity index (χ1) is 14.7. The highest BCUT2D eigenvalue weighted by Gasteiger charge is 2.28. The summed E-state index contributed by atoms with van der Waals surface area (Å²) in [5.41, 5.74) is 3.46. The second-order valence-electron chi connectivity index (χ2n) is 7.18. The van der Waals surface area contributed by atoms with Gasteiger partial charge in [0.2, 0.25) is 0 Å². The number of hydrogen-bond donors (Lipinski definition) is 5. The van der Waals surface area contributed by atoms with Crippen LogP contribution in [0, 0.1) is 0 Å². The quantitative estimate of drug-likeness (QED) is 0.356. The first-order valence-electron chi connectivity index (χ1n) is 9.48. The maximum absolute atomic E-state index is 11.4. The van der Waals surface area contributed by atoms with Crippen molar-refractivity contribution in [2.45, 2.75) is 38.0 Å². The van der Waals surface area contributed by atoms with Gasteiger partial charge in [-0.05, 0) is 35.4 Å². The Morgan fingerprint density at radius 2 is 1.32 bits per heavy atom. The summed E-state index contributed by atoms with van der Waals surface area (Å²) >= 11 is 6.78. The van der Waals surface area contributed by atoms with Crippen LogP contribution in [0.25, 0.3) is 0 Å². The Morgan fingerprint density at radius 3 is 1.77 bits per heavy atom. The van der Waals surface area contributed by atoms with E-state index < -0.39 is 12.0 Å². The number of carboxylic acid groups (broad SMARTS) is 1. The van der Waals surface area contributed by atoms with Crippen molar-refractivity contribution in [2.75, 3.05) is 7.11 Å². The summed E-state index contributed by atoms with van der Waals surface area (Å²) in [5.74, 6) is -0.671. The number of phenolic OH excluding ortho intramolecular Hbond substituents is 2. The standard InChI is InChI=1S/C11H12BrNO3.C10H10BrNO3/c1-16-11(15)9-4-6-7(5-13-9)10(14)3-2-8(6)12;11-7-1-2-9(13)6-4-12-8(10(14)15)3-5(6)7/h2-3,9,13-14H,4-5H2,1H3;1-2,8,12-13H,3-4H2,(H,14,15). The van der Waals surface area contributed by atoms with Crippen LogP contribution >= 0.6 is 31.9 Å². The van der Waals surface area contributed by atoms with Crippen LogP contribution in [0.1, 0.15) is 22.3 Å². The Kier molecular flexibility index (Phi) is 7.58. The summed E-state index contributed by atoms with van der Waals surface area (Å²) in [7, 11) is 1.37. The van der Waals surface area contributed by atoms with Crippen molar-refractivity contribution in [1.82, 2.24) is 10.6 Å². The minimum absolute atomic E-state index is 0.213. The zero-order valence-electron chi connectivity index (χ0n) is 16.6. The Morgan fingerprint density at radius 1 is 0.871 bits per heavy atom. The monoisotopic (exact) mass is 556 g/mol. The van der Waals surface area contributed by atoms with Crippen molar-refractivity contribution in [1.29, 1.82) is 0 Å². The number of benzene rings is 2. The van der Waals surface area contributed by atoms with E-state index in [0.29, 0.717) is 25.9 Å². The zero-order chi connectivity index (χ0) is 22.7. The van der Waals surface area contributed by atoms with Gasteiger partial charge in [-0.3, -0.25) is 20.2 Å². The van der Waals surface area contributed by atoms with E-state index in [2.05, 4.69) is 42.5 Å². The highest BCUT2D eigenvalue weighted by Crippen LogP contribution is 2.32. The molecule has 0 spiro atoms. The molecule has 0 aliphatic carbocycles. The molecule has 4 rings (SSSR count). The van der Waals surface area contributed by atoms with E-state index >= 15 is 0 Å². The maximum atomic E-state index is 11.4. The molecule has 0 amide bonds. The molecule has 0 aromatic heterocycles. The fraction of sp³-hybridized carbons (Fsp3) is 0.333. The summed E-state index contributed by atoms with van der Waals surface area (Å²) in [5, 5.41) is 34.1. The van der Waals surface area contributed by atoms with Crippen LogP contribution in [0.2, 0.25) is 0 Å². The van der Waals surface area contributed by atoms with Gasteiger partial charge in [0.1, 0.15) is 23.6 Å². The summed E-state index contributed by atoms with van der Waals surface area (Å²) in [4.78, 5) is 22.2. The molecule has 0 fully saturated rings. The summed E-state index contributed by atoms with van der Waals surface area (Å²) < 4.78 is 6.46. The number of carboxylic acids is 1. The van der Waals surface area contributed by atoms with Crippen molar-refractivity contribution in [2.24, 2.45) is 0 Å². The largest absolute Gasteiger partial charge is 0.508 e. The van der Waals surface area contributed by atoms with Crippen LogP contribution in [-0.2, 0) is 40.3 Å². The smallest absolute Gasteiger partial charge is 0.323 e. The number of fused-ring (bicyclic) bond motifs is 2. The Bertz CT molecular complexity index is 1010. The molecule has 0 saturated heterocycles. The van der Waals surface area contributed by atoms with Gasteiger partial charge in [0.25, 0.3) is 0 Å². The van der Waals surface area contributed by atoms with Crippen LogP contribution in [-0.4, -0.2) is 46.5 Å². The minimum Gasteiger partial charge on any atom is -0.508 e. The topological polar surface area (TPSA) is 128 Å². The van der Waals surface area contributed by atoms with E-state index in [0.717, 1.165) is 31.2 Å². The van der Waals surface area contributed by atoms with Gasteiger partial charge in [0.05, 0.1) is 7.11 Å². The van der Waals surface area contributed by atoms with Crippen molar-refractivity contribution >= 4 is 43.8 Å². The van der Waals surface area contributed by atoms with Crippen molar-refractivity contribution in [3.8, 4) is 11.5 Å². The lowest BCUT2D eigenvalue weighted by Gasteiger charge is -2.25. The summed E-state index contributed by atoms with van der Waals surface area (Å²) in [6.45, 7) is 0.859. The fourth-order valence-electron chi connectivity index (χ4n) is 3.63. The van der Waals surface area contributed by atoms with Gasteiger partial charge in [-0.25, -0.2) is 0 Å². The van der Waals surface area contributed by atoms with Crippen molar-refractivity contribution in [3.63, 3.8) is 0 Å². The van der Waals surface area contributed by atoms with Crippen LogP contribution in [0.15, 0.2) is 33.2 Å². The molecule has 31 heavy (non-hydrogen) atoms. The predicted octanol–water partition coefficient (Wildman–Crippen LogP) is 2.60. The summed E-state index contributed by atoms with van der Waals surface area (Å²) in [6, 6.07) is 5.85. The minimum atomic E-state index is -0.865. The zero-order valence-corrected chi connectivity index (χ0v) is 19.8. The van der Waals surface area contributed by atoms with Gasteiger partial charge in [-0.1, -0.05) is 31.9 Å². The Labute approximate surface area is 195 Å². The third-order valence-corrected chi connectivity index (χ3v) is 6.84. The van der Waals surface area contributed by atoms with Gasteiger partial charge in [0.15, 0.2) is 0 Å². The Balaban J connectivity index is 0.000000176. The molecule has 2 aromatic carbocycles. The molecular weight excluding hydrogens is 536 g/mol. The maximum Gasteiger partial charge on any atom is 0.323 e. The van der Waals surface area contributed by atoms with Gasteiger partial charge in [-0.2, -0.15) is 0 Å². The number of phenols is 2. The molecule has 2 atom stereocenters. The fourth-order valence-corrected chi connectivity index (χ4v) is 4.69. The molecule has 0 radical (unpaired) electrons. The second kappa shape index (κ2) is 9.99. The van der Waals surface area contributed by atoms with Gasteiger partial charge in [0, 0.05) is 46.0 Å². The molecule has 2 aromatic rings. The van der Waals surface area contributed by atoms with Gasteiger partial charge in [-0.15, -0.1) is 0 Å². The first-order valence-corrected chi connectivity index (χ1v) is 11.1. The third-order valence-electron chi connectivity index (χ3n) is 5.35. The number of esters is 1. The number of ether oxygens (including phenoxy) is 1. The number of methoxy groups -OCH3 is 1. The van der Waals surface area contributed by atoms with E-state index in [-0.39, 0.29) is 23.5 Å². The van der Waals surface area contributed by atoms with E-state index in [1.165, 1.54) is 7.11 Å². The summed E-state index contributed by atoms with van der Waals surface area (Å²) in [6.07, 6.45) is 0.913. The normalized spacial score (nSPS) is 19.3. The predicted molar refractivity (Wildman–Crippen MR) is 120 cm³/mol. The van der Waals surface area contributed by atoms with E-state index in [9.17, 15) is 19.8 Å². The molecule has 2 aliphatic heterocycles. The number of hydrogen-bond acceptors (Lipinski definition) is 7. The molecule has 5 N–H and O–H groups in total. The lowest BCUT2D eigenvalue weighted by molar-refractivity contribution is -0.143. The average molecular weight is 558 g/mol. The Hall–Kier alpha value is -2.14. The number of aliphatic carboxylic acids is 1. The van der Waals surface area contributed by atoms with E-state index in [4.69, 9.17) is 9.84 Å². The lowest BCUT2D eigenvalue weighted by atomic mass is 9.95. The molecule has 0 saturated carbocycles. The van der Waals surface area contributed by atoms with Gasteiger partial charge >= 0.3 is 11.9 Å². The van der Waals surface area contributed by atoms with E-state index in [1.54, 1.807) is 24.3 Å². The molecule has 10 heteroatoms. The second-order valence-corrected chi connectivity index (χ2v) is 8.89. The molecular formula is C21H22Br2N2O6. The number of rotatable bonds is 2. The van der Waals surface area contributed by atoms with Crippen LogP contribution < -0.4 is 10.6 Å². The lowest BCUT2D eigenvalue weighted by Crippen LogP contribution is -2.42. The molecule has 0 bridgehead atoms. The molecule has 8 nitrogen and oxygen atoms in total. The SMILES string of the molecule is COC(=O)C1Cc2c(Br)ccc(O)c2CN1.O=C(O)C1Cc2c(Br)ccc(O)c2CN1. The number of aromatic hydroxyl groups is 2. The van der Waals surface area contributed by atoms with Crippen molar-refractivity contribution in [3.05, 3.63) is 55.5 Å². The molecule has 2 heterocycles. The average Bonchev–Trinajstić information content (AvgIpc) is 2.78. The van der Waals surface area contributed by atoms with Crippen molar-refractivity contribution < 1.29 is 29.6 Å². The van der Waals surface area contributed by atoms with Crippen LogP contribution in [0.5, 0.6) is 11.5 Å². The molecule has 2 aliphatic rings. The number of halogens is 2. The number of carbonyl (C=O) groups is 2. The first kappa shape index (κ1) is 23.5. The van der Waals surface area contributed by atoms with E-state index in [1.807, 2.05) is 0 Å². The van der Waals surface area contributed by atoms with Crippen LogP contribution in [0.3, 0.4) is 0 Å². The number of carbonyl (C=O) groups excluding carboxylic acids is 1. The van der Waals surface area contributed by atoms with Gasteiger partial charge < -0.3 is 20.1 Å². The third kappa shape index (κ3) is 5.20. The number of nitrogens with one attached hydrogen (secondary N) is 2. The molecule has 166 valence electrons. The molecule has 2 unspecified atom stereocenters. The highest BCUT2D eigenvalue weighted by molar-refractivity contribution is 9.10. The highest BCUT2D eigenvalue weighted by atomic mass is 79.9. The van der Waals surface area contributed by atoms with Crippen LogP contribution in [0.4, 0.5) is 0 Å².